The summed E-state index contributed by atoms with van der Waals surface area (Å²) in [6, 6.07) is 15.9. The van der Waals surface area contributed by atoms with Gasteiger partial charge in [0.05, 0.1) is 7.11 Å². The van der Waals surface area contributed by atoms with Gasteiger partial charge in [-0.2, -0.15) is 0 Å². The van der Waals surface area contributed by atoms with Gasteiger partial charge in [0, 0.05) is 0 Å². The summed E-state index contributed by atoms with van der Waals surface area (Å²) in [5.41, 5.74) is 2.29. The SMILES string of the molecule is COc1ccc(COc2ccccc2C)cc1. The fraction of sp³-hybridized carbons (Fsp3) is 0.200. The first-order valence-corrected chi connectivity index (χ1v) is 5.61. The molecule has 17 heavy (non-hydrogen) atoms. The number of hydrogen-bond acceptors (Lipinski definition) is 2. The number of benzene rings is 2. The number of para-hydroxylation sites is 1. The molecule has 2 rings (SSSR count). The van der Waals surface area contributed by atoms with Crippen LogP contribution in [0.25, 0.3) is 0 Å². The molecule has 0 amide bonds. The van der Waals surface area contributed by atoms with E-state index in [0.717, 1.165) is 22.6 Å². The van der Waals surface area contributed by atoms with Crippen molar-refractivity contribution in [1.82, 2.24) is 0 Å². The molecule has 2 nitrogen and oxygen atoms in total. The number of ether oxygens (including phenoxy) is 2. The van der Waals surface area contributed by atoms with Gasteiger partial charge in [-0.25, -0.2) is 0 Å². The number of hydrogen-bond donors (Lipinski definition) is 0. The molecular formula is C15H16O2. The standard InChI is InChI=1S/C15H16O2/c1-12-5-3-4-6-15(12)17-11-13-7-9-14(16-2)10-8-13/h3-10H,11H2,1-2H3. The van der Waals surface area contributed by atoms with Gasteiger partial charge in [-0.05, 0) is 36.2 Å². The van der Waals surface area contributed by atoms with Crippen LogP contribution in [-0.4, -0.2) is 7.11 Å². The van der Waals surface area contributed by atoms with Crippen molar-refractivity contribution in [2.24, 2.45) is 0 Å². The highest BCUT2D eigenvalue weighted by molar-refractivity contribution is 5.32. The van der Waals surface area contributed by atoms with Crippen LogP contribution < -0.4 is 9.47 Å². The van der Waals surface area contributed by atoms with Crippen LogP contribution in [0.15, 0.2) is 48.5 Å². The van der Waals surface area contributed by atoms with Gasteiger partial charge in [0.1, 0.15) is 18.1 Å². The second-order valence-corrected chi connectivity index (χ2v) is 3.90. The number of aryl methyl sites for hydroxylation is 1. The average molecular weight is 228 g/mol. The Morgan fingerprint density at radius 1 is 0.941 bits per heavy atom. The van der Waals surface area contributed by atoms with Gasteiger partial charge in [0.25, 0.3) is 0 Å². The Kier molecular flexibility index (Phi) is 3.66. The first-order valence-electron chi connectivity index (χ1n) is 5.61. The summed E-state index contributed by atoms with van der Waals surface area (Å²) in [6.07, 6.45) is 0. The second kappa shape index (κ2) is 5.39. The van der Waals surface area contributed by atoms with Crippen LogP contribution in [0.4, 0.5) is 0 Å². The Balaban J connectivity index is 2.00. The molecule has 0 N–H and O–H groups in total. The molecule has 0 radical (unpaired) electrons. The maximum Gasteiger partial charge on any atom is 0.122 e. The lowest BCUT2D eigenvalue weighted by Gasteiger charge is -2.09. The fourth-order valence-electron chi connectivity index (χ4n) is 1.60. The molecular weight excluding hydrogens is 212 g/mol. The molecule has 0 saturated carbocycles. The average Bonchev–Trinajstić information content (AvgIpc) is 2.38. The molecule has 0 aliphatic carbocycles. The molecule has 2 aromatic rings. The van der Waals surface area contributed by atoms with E-state index in [9.17, 15) is 0 Å². The lowest BCUT2D eigenvalue weighted by atomic mass is 10.2. The highest BCUT2D eigenvalue weighted by atomic mass is 16.5. The quantitative estimate of drug-likeness (QED) is 0.796. The maximum absolute atomic E-state index is 5.76. The van der Waals surface area contributed by atoms with Crippen molar-refractivity contribution >= 4 is 0 Å². The third kappa shape index (κ3) is 3.00. The summed E-state index contributed by atoms with van der Waals surface area (Å²) in [4.78, 5) is 0. The first-order chi connectivity index (χ1) is 8.29. The zero-order chi connectivity index (χ0) is 12.1. The highest BCUT2D eigenvalue weighted by Crippen LogP contribution is 2.18. The smallest absolute Gasteiger partial charge is 0.122 e. The van der Waals surface area contributed by atoms with Crippen molar-refractivity contribution in [1.29, 1.82) is 0 Å². The Morgan fingerprint density at radius 3 is 2.29 bits per heavy atom. The van der Waals surface area contributed by atoms with E-state index >= 15 is 0 Å². The highest BCUT2D eigenvalue weighted by Gasteiger charge is 1.99. The Bertz CT molecular complexity index is 475. The molecule has 2 aromatic carbocycles. The summed E-state index contributed by atoms with van der Waals surface area (Å²) in [7, 11) is 1.67. The van der Waals surface area contributed by atoms with Crippen molar-refractivity contribution in [2.45, 2.75) is 13.5 Å². The molecule has 0 aromatic heterocycles. The van der Waals surface area contributed by atoms with Crippen LogP contribution in [-0.2, 0) is 6.61 Å². The van der Waals surface area contributed by atoms with E-state index < -0.39 is 0 Å². The van der Waals surface area contributed by atoms with Gasteiger partial charge in [-0.1, -0.05) is 30.3 Å². The lowest BCUT2D eigenvalue weighted by molar-refractivity contribution is 0.304. The summed E-state index contributed by atoms with van der Waals surface area (Å²) in [6.45, 7) is 2.62. The molecule has 0 bridgehead atoms. The largest absolute Gasteiger partial charge is 0.497 e. The molecule has 0 spiro atoms. The fourth-order valence-corrected chi connectivity index (χ4v) is 1.60. The monoisotopic (exact) mass is 228 g/mol. The molecule has 0 unspecified atom stereocenters. The van der Waals surface area contributed by atoms with E-state index in [4.69, 9.17) is 9.47 Å². The minimum Gasteiger partial charge on any atom is -0.497 e. The lowest BCUT2D eigenvalue weighted by Crippen LogP contribution is -1.96. The van der Waals surface area contributed by atoms with Crippen LogP contribution in [0.1, 0.15) is 11.1 Å². The first kappa shape index (κ1) is 11.5. The predicted molar refractivity (Wildman–Crippen MR) is 68.5 cm³/mol. The zero-order valence-electron chi connectivity index (χ0n) is 10.1. The van der Waals surface area contributed by atoms with E-state index in [0.29, 0.717) is 6.61 Å². The minimum absolute atomic E-state index is 0.578. The van der Waals surface area contributed by atoms with Gasteiger partial charge in [0.2, 0.25) is 0 Å². The predicted octanol–water partition coefficient (Wildman–Crippen LogP) is 3.58. The summed E-state index contributed by atoms with van der Waals surface area (Å²) >= 11 is 0. The Labute approximate surface area is 102 Å². The van der Waals surface area contributed by atoms with E-state index in [-0.39, 0.29) is 0 Å². The van der Waals surface area contributed by atoms with Crippen molar-refractivity contribution in [2.75, 3.05) is 7.11 Å². The van der Waals surface area contributed by atoms with Gasteiger partial charge in [-0.3, -0.25) is 0 Å². The van der Waals surface area contributed by atoms with Crippen LogP contribution in [0.2, 0.25) is 0 Å². The van der Waals surface area contributed by atoms with Crippen molar-refractivity contribution in [3.8, 4) is 11.5 Å². The Morgan fingerprint density at radius 2 is 1.65 bits per heavy atom. The molecule has 0 heterocycles. The third-order valence-electron chi connectivity index (χ3n) is 2.65. The molecule has 0 saturated heterocycles. The van der Waals surface area contributed by atoms with Crippen LogP contribution in [0.5, 0.6) is 11.5 Å². The van der Waals surface area contributed by atoms with E-state index in [1.165, 1.54) is 0 Å². The summed E-state index contributed by atoms with van der Waals surface area (Å²) in [5.74, 6) is 1.80. The molecule has 88 valence electrons. The van der Waals surface area contributed by atoms with Crippen LogP contribution >= 0.6 is 0 Å². The minimum atomic E-state index is 0.578. The van der Waals surface area contributed by atoms with Crippen molar-refractivity contribution in [3.63, 3.8) is 0 Å². The number of rotatable bonds is 4. The third-order valence-corrected chi connectivity index (χ3v) is 2.65. The van der Waals surface area contributed by atoms with Crippen molar-refractivity contribution < 1.29 is 9.47 Å². The zero-order valence-corrected chi connectivity index (χ0v) is 10.1. The molecule has 2 heteroatoms. The van der Waals surface area contributed by atoms with Crippen molar-refractivity contribution in [3.05, 3.63) is 59.7 Å². The second-order valence-electron chi connectivity index (χ2n) is 3.90. The summed E-state index contributed by atoms with van der Waals surface area (Å²) in [5, 5.41) is 0. The Hall–Kier alpha value is -1.96. The molecule has 0 aliphatic rings. The number of methoxy groups -OCH3 is 1. The van der Waals surface area contributed by atoms with Gasteiger partial charge in [0.15, 0.2) is 0 Å². The van der Waals surface area contributed by atoms with Crippen LogP contribution in [0.3, 0.4) is 0 Å². The van der Waals surface area contributed by atoms with Gasteiger partial charge in [-0.15, -0.1) is 0 Å². The van der Waals surface area contributed by atoms with Gasteiger partial charge >= 0.3 is 0 Å². The molecule has 0 atom stereocenters. The maximum atomic E-state index is 5.76. The van der Waals surface area contributed by atoms with Crippen LogP contribution in [0, 0.1) is 6.92 Å². The topological polar surface area (TPSA) is 18.5 Å². The summed E-state index contributed by atoms with van der Waals surface area (Å²) < 4.78 is 10.9. The van der Waals surface area contributed by atoms with Gasteiger partial charge < -0.3 is 9.47 Å². The normalized spacial score (nSPS) is 10.0. The van der Waals surface area contributed by atoms with E-state index in [2.05, 4.69) is 0 Å². The van der Waals surface area contributed by atoms with E-state index in [1.54, 1.807) is 7.11 Å². The molecule has 0 fully saturated rings. The van der Waals surface area contributed by atoms with E-state index in [1.807, 2.05) is 55.5 Å². The molecule has 0 aliphatic heterocycles.